The van der Waals surface area contributed by atoms with Crippen LogP contribution < -0.4 is 10.5 Å². The Bertz CT molecular complexity index is 958. The quantitative estimate of drug-likeness (QED) is 0.450. The van der Waals surface area contributed by atoms with E-state index in [9.17, 15) is 13.2 Å². The Balaban J connectivity index is 1.31. The molecule has 7 heteroatoms. The normalized spacial score (nSPS) is 19.7. The number of halogens is 3. The molecule has 4 rings (SSSR count). The topological polar surface area (TPSA) is 53.7 Å². The third-order valence-corrected chi connectivity index (χ3v) is 6.57. The molecule has 0 amide bonds. The molecular weight excluding hydrogens is 443 g/mol. The van der Waals surface area contributed by atoms with Gasteiger partial charge in [0.15, 0.2) is 5.79 Å². The second-order valence-electron chi connectivity index (χ2n) is 10.1. The fourth-order valence-electron chi connectivity index (χ4n) is 4.17. The minimum absolute atomic E-state index is 0.131. The minimum atomic E-state index is -4.49. The molecule has 4 nitrogen and oxygen atoms in total. The zero-order valence-electron chi connectivity index (χ0n) is 19.9. The molecule has 0 atom stereocenters. The molecule has 186 valence electrons. The largest absolute Gasteiger partial charge is 0.493 e. The van der Waals surface area contributed by atoms with Crippen molar-refractivity contribution in [1.82, 2.24) is 0 Å². The van der Waals surface area contributed by atoms with Gasteiger partial charge in [0.05, 0.1) is 30.9 Å². The number of aryl methyl sites for hydroxylation is 2. The molecule has 2 aromatic carbocycles. The van der Waals surface area contributed by atoms with Crippen molar-refractivity contribution in [3.63, 3.8) is 0 Å². The summed E-state index contributed by atoms with van der Waals surface area (Å²) in [5, 5.41) is 0. The third kappa shape index (κ3) is 6.74. The lowest BCUT2D eigenvalue weighted by Crippen LogP contribution is -2.57. The zero-order valence-corrected chi connectivity index (χ0v) is 19.9. The van der Waals surface area contributed by atoms with Gasteiger partial charge in [-0.1, -0.05) is 30.3 Å². The molecule has 2 fully saturated rings. The molecule has 0 radical (unpaired) electrons. The average Bonchev–Trinajstić information content (AvgIpc) is 3.64. The predicted molar refractivity (Wildman–Crippen MR) is 125 cm³/mol. The van der Waals surface area contributed by atoms with E-state index in [1.54, 1.807) is 6.07 Å². The van der Waals surface area contributed by atoms with Crippen molar-refractivity contribution in [2.24, 2.45) is 5.73 Å². The van der Waals surface area contributed by atoms with Gasteiger partial charge >= 0.3 is 6.18 Å². The van der Waals surface area contributed by atoms with E-state index >= 15 is 0 Å². The Hall–Kier alpha value is -2.09. The number of hydrogen-bond donors (Lipinski definition) is 1. The molecule has 0 bridgehead atoms. The Labute approximate surface area is 199 Å². The van der Waals surface area contributed by atoms with Crippen LogP contribution >= 0.6 is 0 Å². The minimum Gasteiger partial charge on any atom is -0.493 e. The van der Waals surface area contributed by atoms with Crippen molar-refractivity contribution in [1.29, 1.82) is 0 Å². The van der Waals surface area contributed by atoms with Crippen LogP contribution in [0.15, 0.2) is 42.5 Å². The second kappa shape index (κ2) is 9.88. The third-order valence-electron chi connectivity index (χ3n) is 6.57. The number of ether oxygens (including phenoxy) is 3. The monoisotopic (exact) mass is 477 g/mol. The van der Waals surface area contributed by atoms with Crippen molar-refractivity contribution >= 4 is 0 Å². The summed E-state index contributed by atoms with van der Waals surface area (Å²) >= 11 is 0. The fraction of sp³-hybridized carbons (Fsp3) is 0.556. The highest BCUT2D eigenvalue weighted by atomic mass is 19.4. The van der Waals surface area contributed by atoms with Crippen molar-refractivity contribution in [2.45, 2.75) is 75.8 Å². The van der Waals surface area contributed by atoms with E-state index in [0.29, 0.717) is 44.0 Å². The summed E-state index contributed by atoms with van der Waals surface area (Å²) < 4.78 is 58.0. The number of hydrogen-bond acceptors (Lipinski definition) is 4. The van der Waals surface area contributed by atoms with E-state index in [4.69, 9.17) is 19.9 Å². The van der Waals surface area contributed by atoms with Gasteiger partial charge in [-0.2, -0.15) is 13.2 Å². The van der Waals surface area contributed by atoms with Crippen molar-refractivity contribution < 1.29 is 27.4 Å². The van der Waals surface area contributed by atoms with Crippen molar-refractivity contribution in [3.05, 3.63) is 64.7 Å². The first-order valence-corrected chi connectivity index (χ1v) is 12.0. The lowest BCUT2D eigenvalue weighted by molar-refractivity contribution is -0.267. The SMILES string of the molecule is CC1(C)OCC(N)(CCc2ccc(OCCCc3ccc(C4CC4)cc3)c(C(F)(F)F)c2)CO1. The van der Waals surface area contributed by atoms with Crippen LogP contribution in [0.2, 0.25) is 0 Å². The number of benzene rings is 2. The average molecular weight is 478 g/mol. The van der Waals surface area contributed by atoms with Crippen molar-refractivity contribution in [2.75, 3.05) is 19.8 Å². The molecule has 2 aromatic rings. The first kappa shape index (κ1) is 25.0. The smallest absolute Gasteiger partial charge is 0.419 e. The maximum atomic E-state index is 13.7. The van der Waals surface area contributed by atoms with Crippen molar-refractivity contribution in [3.8, 4) is 5.75 Å². The van der Waals surface area contributed by atoms with Gasteiger partial charge in [0.2, 0.25) is 0 Å². The summed E-state index contributed by atoms with van der Waals surface area (Å²) in [6.45, 7) is 4.45. The lowest BCUT2D eigenvalue weighted by atomic mass is 9.92. The molecule has 1 aliphatic heterocycles. The fourth-order valence-corrected chi connectivity index (χ4v) is 4.17. The van der Waals surface area contributed by atoms with Gasteiger partial charge < -0.3 is 19.9 Å². The molecular formula is C27H34F3NO3. The van der Waals surface area contributed by atoms with Gasteiger partial charge in [0.1, 0.15) is 5.75 Å². The molecule has 2 N–H and O–H groups in total. The van der Waals surface area contributed by atoms with E-state index in [2.05, 4.69) is 24.3 Å². The highest BCUT2D eigenvalue weighted by molar-refractivity contribution is 5.39. The molecule has 0 unspecified atom stereocenters. The van der Waals surface area contributed by atoms with Crippen LogP contribution in [0.25, 0.3) is 0 Å². The lowest BCUT2D eigenvalue weighted by Gasteiger charge is -2.41. The summed E-state index contributed by atoms with van der Waals surface area (Å²) in [5.74, 6) is -0.104. The maximum absolute atomic E-state index is 13.7. The first-order valence-electron chi connectivity index (χ1n) is 12.0. The van der Waals surface area contributed by atoms with Gasteiger partial charge in [-0.15, -0.1) is 0 Å². The summed E-state index contributed by atoms with van der Waals surface area (Å²) in [6.07, 6.45) is 0.302. The van der Waals surface area contributed by atoms with Gasteiger partial charge in [0, 0.05) is 0 Å². The summed E-state index contributed by atoms with van der Waals surface area (Å²) in [6, 6.07) is 12.8. The van der Waals surface area contributed by atoms with E-state index in [0.717, 1.165) is 6.42 Å². The summed E-state index contributed by atoms with van der Waals surface area (Å²) in [5.41, 5.74) is 7.98. The van der Waals surface area contributed by atoms with Gasteiger partial charge in [-0.05, 0) is 87.1 Å². The number of alkyl halides is 3. The predicted octanol–water partition coefficient (Wildman–Crippen LogP) is 6.01. The van der Waals surface area contributed by atoms with Crippen LogP contribution in [-0.4, -0.2) is 31.1 Å². The summed E-state index contributed by atoms with van der Waals surface area (Å²) in [7, 11) is 0. The first-order chi connectivity index (χ1) is 16.0. The summed E-state index contributed by atoms with van der Waals surface area (Å²) in [4.78, 5) is 0. The molecule has 2 aliphatic rings. The molecule has 34 heavy (non-hydrogen) atoms. The molecule has 1 aliphatic carbocycles. The van der Waals surface area contributed by atoms with Crippen LogP contribution in [0.4, 0.5) is 13.2 Å². The Morgan fingerprint density at radius 2 is 1.62 bits per heavy atom. The molecule has 0 spiro atoms. The van der Waals surface area contributed by atoms with E-state index < -0.39 is 23.1 Å². The Kier molecular flexibility index (Phi) is 7.27. The van der Waals surface area contributed by atoms with Gasteiger partial charge in [-0.3, -0.25) is 0 Å². The Morgan fingerprint density at radius 1 is 0.971 bits per heavy atom. The molecule has 0 aromatic heterocycles. The van der Waals surface area contributed by atoms with Crippen LogP contribution in [0.1, 0.15) is 67.7 Å². The zero-order chi connectivity index (χ0) is 24.4. The van der Waals surface area contributed by atoms with Crippen LogP contribution in [0.3, 0.4) is 0 Å². The maximum Gasteiger partial charge on any atom is 0.419 e. The highest BCUT2D eigenvalue weighted by Gasteiger charge is 2.38. The Morgan fingerprint density at radius 3 is 2.24 bits per heavy atom. The second-order valence-corrected chi connectivity index (χ2v) is 10.1. The highest BCUT2D eigenvalue weighted by Crippen LogP contribution is 2.40. The van der Waals surface area contributed by atoms with Crippen LogP contribution in [0.5, 0.6) is 5.75 Å². The van der Waals surface area contributed by atoms with Gasteiger partial charge in [-0.25, -0.2) is 0 Å². The molecule has 1 saturated heterocycles. The molecule has 1 saturated carbocycles. The van der Waals surface area contributed by atoms with Crippen LogP contribution in [0, 0.1) is 0 Å². The van der Waals surface area contributed by atoms with Gasteiger partial charge in [0.25, 0.3) is 0 Å². The van der Waals surface area contributed by atoms with E-state index in [1.807, 2.05) is 13.8 Å². The standard InChI is InChI=1S/C27H34F3NO3/c1-25(2)33-17-26(31,18-34-25)14-13-20-7-12-24(23(16-20)27(28,29)30)32-15-3-4-19-5-8-21(9-6-19)22-10-11-22/h5-9,12,16,22H,3-4,10-11,13-15,17-18,31H2,1-2H3. The van der Waals surface area contributed by atoms with E-state index in [-0.39, 0.29) is 12.4 Å². The van der Waals surface area contributed by atoms with E-state index in [1.165, 1.54) is 36.1 Å². The number of rotatable bonds is 9. The molecule has 1 heterocycles. The van der Waals surface area contributed by atoms with Crippen LogP contribution in [-0.2, 0) is 28.5 Å². The number of nitrogens with two attached hydrogens (primary N) is 1.